The SMILES string of the molecule is COc1ccc(CN2C(=O)c3ccccc3C2=O)cc1C(=O)N1C[C@@H](C)C[C@H](C)C1. The first-order valence-electron chi connectivity index (χ1n) is 10.3. The fourth-order valence-corrected chi connectivity index (χ4v) is 4.59. The minimum atomic E-state index is -0.307. The number of carbonyl (C=O) groups excluding carboxylic acids is 3. The van der Waals surface area contributed by atoms with E-state index in [0.29, 0.717) is 39.8 Å². The Bertz CT molecular complexity index is 971. The number of piperidine rings is 1. The molecule has 0 radical (unpaired) electrons. The summed E-state index contributed by atoms with van der Waals surface area (Å²) in [6.45, 7) is 5.87. The van der Waals surface area contributed by atoms with Crippen molar-refractivity contribution in [1.82, 2.24) is 9.80 Å². The molecule has 2 aromatic carbocycles. The molecule has 0 aliphatic carbocycles. The number of rotatable bonds is 4. The summed E-state index contributed by atoms with van der Waals surface area (Å²) in [5.74, 6) is 0.706. The normalized spacial score (nSPS) is 21.0. The second-order valence-corrected chi connectivity index (χ2v) is 8.43. The van der Waals surface area contributed by atoms with Crippen molar-refractivity contribution in [3.8, 4) is 5.75 Å². The van der Waals surface area contributed by atoms with Gasteiger partial charge in [-0.2, -0.15) is 0 Å². The lowest BCUT2D eigenvalue weighted by Gasteiger charge is -2.35. The van der Waals surface area contributed by atoms with E-state index >= 15 is 0 Å². The Hall–Kier alpha value is -3.15. The summed E-state index contributed by atoms with van der Waals surface area (Å²) in [4.78, 5) is 41.7. The molecule has 156 valence electrons. The van der Waals surface area contributed by atoms with E-state index in [2.05, 4.69) is 13.8 Å². The highest BCUT2D eigenvalue weighted by Crippen LogP contribution is 2.29. The van der Waals surface area contributed by atoms with Crippen molar-refractivity contribution in [3.05, 3.63) is 64.7 Å². The van der Waals surface area contributed by atoms with E-state index in [1.165, 1.54) is 12.0 Å². The van der Waals surface area contributed by atoms with Crippen LogP contribution >= 0.6 is 0 Å². The molecule has 3 amide bonds. The molecule has 0 unspecified atom stereocenters. The fraction of sp³-hybridized carbons (Fsp3) is 0.375. The second-order valence-electron chi connectivity index (χ2n) is 8.43. The summed E-state index contributed by atoms with van der Waals surface area (Å²) in [6.07, 6.45) is 1.11. The molecule has 6 heteroatoms. The van der Waals surface area contributed by atoms with Gasteiger partial charge < -0.3 is 9.64 Å². The van der Waals surface area contributed by atoms with Gasteiger partial charge >= 0.3 is 0 Å². The van der Waals surface area contributed by atoms with E-state index in [-0.39, 0.29) is 24.3 Å². The van der Waals surface area contributed by atoms with Gasteiger partial charge in [0.05, 0.1) is 30.3 Å². The summed E-state index contributed by atoms with van der Waals surface area (Å²) in [7, 11) is 1.54. The number of hydrogen-bond acceptors (Lipinski definition) is 4. The van der Waals surface area contributed by atoms with Crippen molar-refractivity contribution in [2.75, 3.05) is 20.2 Å². The Morgan fingerprint density at radius 2 is 1.60 bits per heavy atom. The number of carbonyl (C=O) groups is 3. The van der Waals surface area contributed by atoms with Crippen molar-refractivity contribution in [2.24, 2.45) is 11.8 Å². The van der Waals surface area contributed by atoms with Gasteiger partial charge in [-0.05, 0) is 48.1 Å². The van der Waals surface area contributed by atoms with Crippen LogP contribution in [0.4, 0.5) is 0 Å². The lowest BCUT2D eigenvalue weighted by molar-refractivity contribution is 0.0619. The third kappa shape index (κ3) is 3.58. The molecule has 1 saturated heterocycles. The standard InChI is InChI=1S/C24H26N2O4/c1-15-10-16(2)13-25(12-15)22(27)20-11-17(8-9-21(20)30-3)14-26-23(28)18-6-4-5-7-19(18)24(26)29/h4-9,11,15-16H,10,12-14H2,1-3H3/t15-,16-/m0/s1. The number of fused-ring (bicyclic) bond motifs is 1. The van der Waals surface area contributed by atoms with Gasteiger partial charge in [0.1, 0.15) is 5.75 Å². The predicted molar refractivity (Wildman–Crippen MR) is 112 cm³/mol. The van der Waals surface area contributed by atoms with Crippen molar-refractivity contribution in [3.63, 3.8) is 0 Å². The van der Waals surface area contributed by atoms with Crippen LogP contribution in [0.1, 0.15) is 56.9 Å². The topological polar surface area (TPSA) is 66.9 Å². The zero-order valence-corrected chi connectivity index (χ0v) is 17.6. The third-order valence-electron chi connectivity index (χ3n) is 5.87. The van der Waals surface area contributed by atoms with E-state index in [9.17, 15) is 14.4 Å². The van der Waals surface area contributed by atoms with Crippen molar-refractivity contribution >= 4 is 17.7 Å². The summed E-state index contributed by atoms with van der Waals surface area (Å²) in [5, 5.41) is 0. The molecule has 2 aliphatic heterocycles. The number of amides is 3. The van der Waals surface area contributed by atoms with Crippen molar-refractivity contribution in [2.45, 2.75) is 26.8 Å². The molecule has 0 saturated carbocycles. The maximum absolute atomic E-state index is 13.3. The number of nitrogens with zero attached hydrogens (tertiary/aromatic N) is 2. The van der Waals surface area contributed by atoms with Crippen LogP contribution in [0.2, 0.25) is 0 Å². The highest BCUT2D eigenvalue weighted by atomic mass is 16.5. The van der Waals surface area contributed by atoms with Crippen LogP contribution in [-0.4, -0.2) is 47.7 Å². The summed E-state index contributed by atoms with van der Waals surface area (Å²) in [5.41, 5.74) is 2.02. The molecule has 2 heterocycles. The molecule has 4 rings (SSSR count). The average molecular weight is 406 g/mol. The number of likely N-dealkylation sites (tertiary alicyclic amines) is 1. The molecule has 0 spiro atoms. The number of benzene rings is 2. The van der Waals surface area contributed by atoms with Gasteiger partial charge in [-0.15, -0.1) is 0 Å². The lowest BCUT2D eigenvalue weighted by atomic mass is 9.91. The molecule has 30 heavy (non-hydrogen) atoms. The van der Waals surface area contributed by atoms with Crippen LogP contribution in [0.15, 0.2) is 42.5 Å². The Balaban J connectivity index is 1.60. The first-order chi connectivity index (χ1) is 14.4. The maximum Gasteiger partial charge on any atom is 0.261 e. The highest BCUT2D eigenvalue weighted by molar-refractivity contribution is 6.21. The molecule has 2 aliphatic rings. The average Bonchev–Trinajstić information content (AvgIpc) is 2.97. The van der Waals surface area contributed by atoms with Gasteiger partial charge in [0.25, 0.3) is 17.7 Å². The largest absolute Gasteiger partial charge is 0.496 e. The summed E-state index contributed by atoms with van der Waals surface area (Å²) >= 11 is 0. The van der Waals surface area contributed by atoms with E-state index in [0.717, 1.165) is 19.5 Å². The van der Waals surface area contributed by atoms with Crippen LogP contribution in [0, 0.1) is 11.8 Å². The first-order valence-corrected chi connectivity index (χ1v) is 10.3. The Morgan fingerprint density at radius 3 is 2.17 bits per heavy atom. The lowest BCUT2D eigenvalue weighted by Crippen LogP contribution is -2.42. The van der Waals surface area contributed by atoms with Gasteiger partial charge in [0, 0.05) is 13.1 Å². The Morgan fingerprint density at radius 1 is 1.00 bits per heavy atom. The number of methoxy groups -OCH3 is 1. The van der Waals surface area contributed by atoms with Gasteiger partial charge in [-0.3, -0.25) is 19.3 Å². The van der Waals surface area contributed by atoms with Crippen LogP contribution in [-0.2, 0) is 6.54 Å². The van der Waals surface area contributed by atoms with Gasteiger partial charge in [-0.1, -0.05) is 32.0 Å². The van der Waals surface area contributed by atoms with Crippen LogP contribution < -0.4 is 4.74 Å². The predicted octanol–water partition coefficient (Wildman–Crippen LogP) is 3.61. The molecule has 1 fully saturated rings. The summed E-state index contributed by atoms with van der Waals surface area (Å²) in [6, 6.07) is 12.1. The van der Waals surface area contributed by atoms with Crippen molar-refractivity contribution in [1.29, 1.82) is 0 Å². The third-order valence-corrected chi connectivity index (χ3v) is 5.87. The maximum atomic E-state index is 13.3. The van der Waals surface area contributed by atoms with Gasteiger partial charge in [0.2, 0.25) is 0 Å². The molecule has 0 bridgehead atoms. The molecule has 2 atom stereocenters. The second kappa shape index (κ2) is 7.94. The van der Waals surface area contributed by atoms with Crippen molar-refractivity contribution < 1.29 is 19.1 Å². The minimum Gasteiger partial charge on any atom is -0.496 e. The monoisotopic (exact) mass is 406 g/mol. The van der Waals surface area contributed by atoms with Crippen LogP contribution in [0.3, 0.4) is 0 Å². The molecule has 6 nitrogen and oxygen atoms in total. The quantitative estimate of drug-likeness (QED) is 0.728. The molecule has 0 aromatic heterocycles. The molecular weight excluding hydrogens is 380 g/mol. The molecular formula is C24H26N2O4. The zero-order chi connectivity index (χ0) is 21.4. The number of imide groups is 1. The van der Waals surface area contributed by atoms with E-state index in [1.807, 2.05) is 4.90 Å². The zero-order valence-electron chi connectivity index (χ0n) is 17.6. The summed E-state index contributed by atoms with van der Waals surface area (Å²) < 4.78 is 5.43. The van der Waals surface area contributed by atoms with Gasteiger partial charge in [0.15, 0.2) is 0 Å². The van der Waals surface area contributed by atoms with E-state index in [4.69, 9.17) is 4.74 Å². The molecule has 0 N–H and O–H groups in total. The fourth-order valence-electron chi connectivity index (χ4n) is 4.59. The Labute approximate surface area is 176 Å². The van der Waals surface area contributed by atoms with Crippen LogP contribution in [0.5, 0.6) is 5.75 Å². The smallest absolute Gasteiger partial charge is 0.261 e. The Kier molecular flexibility index (Phi) is 5.33. The first kappa shape index (κ1) is 20.1. The van der Waals surface area contributed by atoms with Gasteiger partial charge in [-0.25, -0.2) is 0 Å². The van der Waals surface area contributed by atoms with E-state index < -0.39 is 0 Å². The van der Waals surface area contributed by atoms with E-state index in [1.54, 1.807) is 42.5 Å². The highest BCUT2D eigenvalue weighted by Gasteiger charge is 2.35. The number of ether oxygens (including phenoxy) is 1. The molecule has 2 aromatic rings. The van der Waals surface area contributed by atoms with Crippen LogP contribution in [0.25, 0.3) is 0 Å². The number of hydrogen-bond donors (Lipinski definition) is 0. The minimum absolute atomic E-state index is 0.0746.